The van der Waals surface area contributed by atoms with Crippen LogP contribution < -0.4 is 14.8 Å². The smallest absolute Gasteiger partial charge is 0.163 e. The van der Waals surface area contributed by atoms with Crippen molar-refractivity contribution in [1.82, 2.24) is 0 Å². The summed E-state index contributed by atoms with van der Waals surface area (Å²) in [4.78, 5) is 0. The highest BCUT2D eigenvalue weighted by molar-refractivity contribution is 9.10. The lowest BCUT2D eigenvalue weighted by molar-refractivity contribution is 0.171. The van der Waals surface area contributed by atoms with Crippen LogP contribution in [0.2, 0.25) is 0 Å². The Morgan fingerprint density at radius 2 is 1.94 bits per heavy atom. The number of rotatable bonds is 4. The lowest BCUT2D eigenvalue weighted by atomic mass is 10.2. The fraction of sp³-hybridized carbons (Fsp3) is 0.538. The van der Waals surface area contributed by atoms with Crippen molar-refractivity contribution in [2.75, 3.05) is 18.5 Å². The van der Waals surface area contributed by atoms with Gasteiger partial charge in [0.25, 0.3) is 0 Å². The summed E-state index contributed by atoms with van der Waals surface area (Å²) in [6, 6.07) is 4.43. The Balaban J connectivity index is 2.16. The molecular weight excluding hydrogens is 282 g/mol. The molecule has 0 saturated heterocycles. The molecule has 0 radical (unpaired) electrons. The van der Waals surface area contributed by atoms with Gasteiger partial charge in [0.05, 0.1) is 5.69 Å². The van der Waals surface area contributed by atoms with Crippen molar-refractivity contribution in [1.29, 1.82) is 0 Å². The first kappa shape index (κ1) is 12.6. The fourth-order valence-corrected chi connectivity index (χ4v) is 2.38. The Morgan fingerprint density at radius 3 is 2.59 bits per heavy atom. The van der Waals surface area contributed by atoms with Gasteiger partial charge in [-0.15, -0.1) is 0 Å². The topological polar surface area (TPSA) is 30.5 Å². The Morgan fingerprint density at radius 1 is 1.29 bits per heavy atom. The molecule has 0 aromatic heterocycles. The van der Waals surface area contributed by atoms with Gasteiger partial charge in [-0.25, -0.2) is 0 Å². The molecule has 1 aliphatic heterocycles. The summed E-state index contributed by atoms with van der Waals surface area (Å²) in [7, 11) is 0. The van der Waals surface area contributed by atoms with Crippen molar-refractivity contribution >= 4 is 21.6 Å². The number of ether oxygens (including phenoxy) is 2. The van der Waals surface area contributed by atoms with E-state index in [4.69, 9.17) is 9.47 Å². The van der Waals surface area contributed by atoms with E-state index in [0.29, 0.717) is 19.3 Å². The zero-order valence-electron chi connectivity index (χ0n) is 10.3. The van der Waals surface area contributed by atoms with Gasteiger partial charge in [-0.2, -0.15) is 0 Å². The monoisotopic (exact) mass is 299 g/mol. The van der Waals surface area contributed by atoms with Crippen LogP contribution in [0.15, 0.2) is 16.6 Å². The first-order valence-corrected chi connectivity index (χ1v) is 6.85. The van der Waals surface area contributed by atoms with Gasteiger partial charge in [0.15, 0.2) is 11.5 Å². The molecule has 1 aromatic carbocycles. The molecule has 4 heteroatoms. The van der Waals surface area contributed by atoms with E-state index in [2.05, 4.69) is 35.1 Å². The van der Waals surface area contributed by atoms with Crippen molar-refractivity contribution in [2.24, 2.45) is 0 Å². The van der Waals surface area contributed by atoms with Crippen molar-refractivity contribution in [2.45, 2.75) is 32.7 Å². The normalized spacial score (nSPS) is 15.5. The first-order valence-electron chi connectivity index (χ1n) is 6.06. The SMILES string of the molecule is CCCC(C)Nc1cc2c(cc1Br)OCCO2. The first-order chi connectivity index (χ1) is 8.20. The molecule has 1 unspecified atom stereocenters. The van der Waals surface area contributed by atoms with Gasteiger partial charge in [-0.05, 0) is 29.3 Å². The van der Waals surface area contributed by atoms with Gasteiger partial charge in [0.1, 0.15) is 13.2 Å². The molecule has 1 N–H and O–H groups in total. The van der Waals surface area contributed by atoms with Crippen LogP contribution >= 0.6 is 15.9 Å². The summed E-state index contributed by atoms with van der Waals surface area (Å²) < 4.78 is 12.1. The van der Waals surface area contributed by atoms with E-state index in [0.717, 1.165) is 28.1 Å². The molecule has 0 saturated carbocycles. The molecule has 1 heterocycles. The molecule has 1 atom stereocenters. The molecule has 3 nitrogen and oxygen atoms in total. The molecule has 0 bridgehead atoms. The number of halogens is 1. The van der Waals surface area contributed by atoms with Crippen LogP contribution in [0.1, 0.15) is 26.7 Å². The van der Waals surface area contributed by atoms with Crippen molar-refractivity contribution < 1.29 is 9.47 Å². The van der Waals surface area contributed by atoms with Crippen LogP contribution in [-0.2, 0) is 0 Å². The molecule has 0 spiro atoms. The van der Waals surface area contributed by atoms with E-state index in [1.165, 1.54) is 6.42 Å². The van der Waals surface area contributed by atoms with E-state index < -0.39 is 0 Å². The zero-order valence-corrected chi connectivity index (χ0v) is 11.8. The molecule has 17 heavy (non-hydrogen) atoms. The molecule has 94 valence electrons. The number of hydrogen-bond acceptors (Lipinski definition) is 3. The third kappa shape index (κ3) is 3.06. The van der Waals surface area contributed by atoms with Gasteiger partial charge in [-0.3, -0.25) is 0 Å². The van der Waals surface area contributed by atoms with Crippen LogP contribution in [0.4, 0.5) is 5.69 Å². The lowest BCUT2D eigenvalue weighted by Crippen LogP contribution is -2.17. The predicted molar refractivity (Wildman–Crippen MR) is 73.1 cm³/mol. The Kier molecular flexibility index (Phi) is 4.15. The molecule has 1 aliphatic rings. The van der Waals surface area contributed by atoms with Gasteiger partial charge in [-0.1, -0.05) is 13.3 Å². The molecule has 0 aliphatic carbocycles. The summed E-state index contributed by atoms with van der Waals surface area (Å²) in [6.45, 7) is 5.63. The van der Waals surface area contributed by atoms with E-state index in [1.54, 1.807) is 0 Å². The molecule has 2 rings (SSSR count). The maximum atomic E-state index is 5.57. The van der Waals surface area contributed by atoms with Crippen LogP contribution in [0.25, 0.3) is 0 Å². The molecule has 0 fully saturated rings. The Hall–Kier alpha value is -0.900. The van der Waals surface area contributed by atoms with Crippen LogP contribution in [0.3, 0.4) is 0 Å². The van der Waals surface area contributed by atoms with Crippen LogP contribution in [0, 0.1) is 0 Å². The number of anilines is 1. The van der Waals surface area contributed by atoms with Gasteiger partial charge >= 0.3 is 0 Å². The summed E-state index contributed by atoms with van der Waals surface area (Å²) in [5, 5.41) is 3.48. The van der Waals surface area contributed by atoms with Crippen molar-refractivity contribution in [3.05, 3.63) is 16.6 Å². The van der Waals surface area contributed by atoms with E-state index in [-0.39, 0.29) is 0 Å². The number of benzene rings is 1. The van der Waals surface area contributed by atoms with Gasteiger partial charge in [0.2, 0.25) is 0 Å². The van der Waals surface area contributed by atoms with Crippen molar-refractivity contribution in [3.63, 3.8) is 0 Å². The summed E-state index contributed by atoms with van der Waals surface area (Å²) in [5.41, 5.74) is 1.07. The predicted octanol–water partition coefficient (Wildman–Crippen LogP) is 3.82. The summed E-state index contributed by atoms with van der Waals surface area (Å²) >= 11 is 3.56. The molecular formula is C13H18BrNO2. The van der Waals surface area contributed by atoms with Crippen molar-refractivity contribution in [3.8, 4) is 11.5 Å². The Bertz CT molecular complexity index is 395. The molecule has 0 amide bonds. The number of nitrogens with one attached hydrogen (secondary N) is 1. The highest BCUT2D eigenvalue weighted by Crippen LogP contribution is 2.38. The average molecular weight is 300 g/mol. The fourth-order valence-electron chi connectivity index (χ4n) is 1.95. The second-order valence-electron chi connectivity index (χ2n) is 4.31. The lowest BCUT2D eigenvalue weighted by Gasteiger charge is -2.22. The van der Waals surface area contributed by atoms with Gasteiger partial charge in [0, 0.05) is 22.6 Å². The highest BCUT2D eigenvalue weighted by atomic mass is 79.9. The summed E-state index contributed by atoms with van der Waals surface area (Å²) in [6.07, 6.45) is 2.33. The van der Waals surface area contributed by atoms with Gasteiger partial charge < -0.3 is 14.8 Å². The Labute approximate surface area is 111 Å². The third-order valence-electron chi connectivity index (χ3n) is 2.76. The summed E-state index contributed by atoms with van der Waals surface area (Å²) in [5.74, 6) is 1.64. The second-order valence-corrected chi connectivity index (χ2v) is 5.16. The maximum Gasteiger partial charge on any atom is 0.163 e. The second kappa shape index (κ2) is 5.63. The minimum Gasteiger partial charge on any atom is -0.486 e. The van der Waals surface area contributed by atoms with Crippen LogP contribution in [-0.4, -0.2) is 19.3 Å². The third-order valence-corrected chi connectivity index (χ3v) is 3.41. The largest absolute Gasteiger partial charge is 0.486 e. The number of fused-ring (bicyclic) bond motifs is 1. The van der Waals surface area contributed by atoms with E-state index in [1.807, 2.05) is 12.1 Å². The highest BCUT2D eigenvalue weighted by Gasteiger charge is 2.15. The molecule has 1 aromatic rings. The average Bonchev–Trinajstić information content (AvgIpc) is 2.30. The minimum absolute atomic E-state index is 0.457. The van der Waals surface area contributed by atoms with Crippen LogP contribution in [0.5, 0.6) is 11.5 Å². The quantitative estimate of drug-likeness (QED) is 0.917. The standard InChI is InChI=1S/C13H18BrNO2/c1-3-4-9(2)15-11-8-13-12(7-10(11)14)16-5-6-17-13/h7-9,15H,3-6H2,1-2H3. The minimum atomic E-state index is 0.457. The van der Waals surface area contributed by atoms with E-state index >= 15 is 0 Å². The zero-order chi connectivity index (χ0) is 12.3. The number of hydrogen-bond donors (Lipinski definition) is 1. The van der Waals surface area contributed by atoms with E-state index in [9.17, 15) is 0 Å². The maximum absolute atomic E-state index is 5.57.